The van der Waals surface area contributed by atoms with Crippen molar-refractivity contribution in [1.82, 2.24) is 4.98 Å². The number of hydrogen-bond acceptors (Lipinski definition) is 5. The number of benzene rings is 4. The summed E-state index contributed by atoms with van der Waals surface area (Å²) < 4.78 is 12.2. The van der Waals surface area contributed by atoms with Crippen molar-refractivity contribution < 1.29 is 14.6 Å². The number of aromatic nitrogens is 1. The van der Waals surface area contributed by atoms with E-state index in [4.69, 9.17) is 26.1 Å². The molecule has 1 aliphatic rings. The quantitative estimate of drug-likeness (QED) is 0.215. The molecule has 0 bridgehead atoms. The number of aromatic amines is 1. The maximum absolute atomic E-state index is 10.3. The van der Waals surface area contributed by atoms with Gasteiger partial charge in [0.2, 0.25) is 0 Å². The fraction of sp³-hybridized carbons (Fsp3) is 0.129. The zero-order chi connectivity index (χ0) is 26.1. The minimum absolute atomic E-state index is 0.0735. The average molecular weight is 524 g/mol. The van der Waals surface area contributed by atoms with Gasteiger partial charge in [0.05, 0.1) is 18.7 Å². The van der Waals surface area contributed by atoms with Gasteiger partial charge < -0.3 is 24.9 Å². The van der Waals surface area contributed by atoms with Crippen LogP contribution in [0.15, 0.2) is 102 Å². The monoisotopic (exact) mass is 523 g/mol. The highest BCUT2D eigenvalue weighted by molar-refractivity contribution is 6.30. The molecule has 2 atom stereocenters. The number of hydrogen-bond donors (Lipinski definition) is 3. The smallest absolute Gasteiger partial charge is 0.160 e. The van der Waals surface area contributed by atoms with Crippen molar-refractivity contribution in [2.24, 2.45) is 10.9 Å². The van der Waals surface area contributed by atoms with E-state index < -0.39 is 6.10 Å². The van der Waals surface area contributed by atoms with Crippen LogP contribution in [0.3, 0.4) is 0 Å². The molecule has 6 nitrogen and oxygen atoms in total. The minimum atomic E-state index is -0.438. The Morgan fingerprint density at radius 2 is 1.84 bits per heavy atom. The van der Waals surface area contributed by atoms with Crippen LogP contribution in [0.1, 0.15) is 17.2 Å². The lowest BCUT2D eigenvalue weighted by molar-refractivity contribution is 0.175. The van der Waals surface area contributed by atoms with Crippen LogP contribution in [0.4, 0.5) is 11.4 Å². The Balaban J connectivity index is 1.53. The standard InChI is InChI=1S/C31H26ClN3O3/c1-37-29-15-19(13-14-27(29)36)31-24(18-33-21-8-6-7-20(32)16-21)30(35-26-11-4-5-12-28(26)38-31)23-17-34-25-10-3-2-9-22(23)25/h2-17,24,31,33-34,36H,18H2,1H3. The first kappa shape index (κ1) is 23.9. The number of rotatable bonds is 6. The van der Waals surface area contributed by atoms with Crippen molar-refractivity contribution in [3.8, 4) is 17.2 Å². The van der Waals surface area contributed by atoms with E-state index in [0.29, 0.717) is 23.1 Å². The van der Waals surface area contributed by atoms with Crippen LogP contribution in [-0.4, -0.2) is 29.5 Å². The van der Waals surface area contributed by atoms with Crippen molar-refractivity contribution in [2.45, 2.75) is 6.10 Å². The lowest BCUT2D eigenvalue weighted by Crippen LogP contribution is -2.32. The molecule has 0 spiro atoms. The first-order valence-electron chi connectivity index (χ1n) is 12.4. The highest BCUT2D eigenvalue weighted by Crippen LogP contribution is 2.43. The van der Waals surface area contributed by atoms with Gasteiger partial charge in [0, 0.05) is 39.9 Å². The van der Waals surface area contributed by atoms with Crippen LogP contribution in [0, 0.1) is 5.92 Å². The zero-order valence-electron chi connectivity index (χ0n) is 20.7. The fourth-order valence-electron chi connectivity index (χ4n) is 4.97. The van der Waals surface area contributed by atoms with Gasteiger partial charge in [0.1, 0.15) is 17.5 Å². The molecule has 0 radical (unpaired) electrons. The van der Waals surface area contributed by atoms with Crippen LogP contribution >= 0.6 is 11.6 Å². The number of aromatic hydroxyl groups is 1. The third-order valence-corrected chi connectivity index (χ3v) is 7.06. The maximum atomic E-state index is 10.3. The average Bonchev–Trinajstić information content (AvgIpc) is 3.29. The van der Waals surface area contributed by atoms with Crippen LogP contribution in [0.5, 0.6) is 17.2 Å². The van der Waals surface area contributed by atoms with Crippen molar-refractivity contribution in [1.29, 1.82) is 0 Å². The van der Waals surface area contributed by atoms with E-state index in [-0.39, 0.29) is 11.7 Å². The van der Waals surface area contributed by atoms with E-state index in [1.807, 2.05) is 79.0 Å². The summed E-state index contributed by atoms with van der Waals surface area (Å²) in [4.78, 5) is 8.60. The van der Waals surface area contributed by atoms with Gasteiger partial charge in [-0.15, -0.1) is 0 Å². The van der Waals surface area contributed by atoms with Gasteiger partial charge in [-0.2, -0.15) is 0 Å². The van der Waals surface area contributed by atoms with Crippen LogP contribution < -0.4 is 14.8 Å². The number of H-pyrrole nitrogens is 1. The Hall–Kier alpha value is -4.42. The van der Waals surface area contributed by atoms with Gasteiger partial charge in [0.25, 0.3) is 0 Å². The van der Waals surface area contributed by atoms with Crippen LogP contribution in [0.25, 0.3) is 10.9 Å². The highest BCUT2D eigenvalue weighted by atomic mass is 35.5. The number of para-hydroxylation sites is 3. The molecule has 4 aromatic carbocycles. The number of halogens is 1. The molecule has 5 aromatic rings. The van der Waals surface area contributed by atoms with E-state index in [1.165, 1.54) is 0 Å². The van der Waals surface area contributed by atoms with Crippen molar-refractivity contribution in [2.75, 3.05) is 19.0 Å². The predicted molar refractivity (Wildman–Crippen MR) is 152 cm³/mol. The molecule has 3 N–H and O–H groups in total. The van der Waals surface area contributed by atoms with E-state index >= 15 is 0 Å². The number of nitrogens with one attached hydrogen (secondary N) is 2. The summed E-state index contributed by atoms with van der Waals surface area (Å²) >= 11 is 6.27. The normalized spacial score (nSPS) is 16.7. The molecule has 190 valence electrons. The molecule has 7 heteroatoms. The molecular weight excluding hydrogens is 498 g/mol. The maximum Gasteiger partial charge on any atom is 0.160 e. The largest absolute Gasteiger partial charge is 0.504 e. The molecule has 6 rings (SSSR count). The highest BCUT2D eigenvalue weighted by Gasteiger charge is 2.35. The number of aliphatic imine (C=N–C) groups is 1. The first-order chi connectivity index (χ1) is 18.6. The second-order valence-corrected chi connectivity index (χ2v) is 9.62. The second kappa shape index (κ2) is 10.1. The summed E-state index contributed by atoms with van der Waals surface area (Å²) in [5, 5.41) is 15.6. The number of ether oxygens (including phenoxy) is 2. The fourth-order valence-corrected chi connectivity index (χ4v) is 5.16. The Kier molecular flexibility index (Phi) is 6.40. The Morgan fingerprint density at radius 3 is 2.71 bits per heavy atom. The Bertz CT molecular complexity index is 1640. The Morgan fingerprint density at radius 1 is 1.00 bits per heavy atom. The number of fused-ring (bicyclic) bond motifs is 2. The summed E-state index contributed by atoms with van der Waals surface area (Å²) in [6, 6.07) is 29.0. The summed E-state index contributed by atoms with van der Waals surface area (Å²) in [5.74, 6) is 0.919. The lowest BCUT2D eigenvalue weighted by Gasteiger charge is -2.28. The topological polar surface area (TPSA) is 78.9 Å². The van der Waals surface area contributed by atoms with Crippen LogP contribution in [-0.2, 0) is 0 Å². The van der Waals surface area contributed by atoms with Gasteiger partial charge in [-0.25, -0.2) is 4.99 Å². The third-order valence-electron chi connectivity index (χ3n) is 6.82. The molecule has 38 heavy (non-hydrogen) atoms. The summed E-state index contributed by atoms with van der Waals surface area (Å²) in [5.41, 5.74) is 5.46. The van der Waals surface area contributed by atoms with E-state index in [2.05, 4.69) is 22.4 Å². The Labute approximate surface area is 225 Å². The molecule has 0 fully saturated rings. The molecule has 0 amide bonds. The van der Waals surface area contributed by atoms with E-state index in [0.717, 1.165) is 39.1 Å². The van der Waals surface area contributed by atoms with Gasteiger partial charge in [-0.1, -0.05) is 54.1 Å². The first-order valence-corrected chi connectivity index (χ1v) is 12.8. The number of anilines is 1. The van der Waals surface area contributed by atoms with Crippen molar-refractivity contribution in [3.05, 3.63) is 113 Å². The van der Waals surface area contributed by atoms with Crippen LogP contribution in [0.2, 0.25) is 5.02 Å². The third kappa shape index (κ3) is 4.55. The van der Waals surface area contributed by atoms with Crippen molar-refractivity contribution >= 4 is 39.6 Å². The summed E-state index contributed by atoms with van der Waals surface area (Å²) in [6.45, 7) is 0.514. The van der Waals surface area contributed by atoms with Gasteiger partial charge >= 0.3 is 0 Å². The van der Waals surface area contributed by atoms with Crippen molar-refractivity contribution in [3.63, 3.8) is 0 Å². The molecule has 0 saturated heterocycles. The molecule has 0 saturated carbocycles. The molecule has 2 heterocycles. The molecule has 1 aliphatic heterocycles. The minimum Gasteiger partial charge on any atom is -0.504 e. The zero-order valence-corrected chi connectivity index (χ0v) is 21.4. The predicted octanol–water partition coefficient (Wildman–Crippen LogP) is 7.52. The number of nitrogens with zero attached hydrogens (tertiary/aromatic N) is 1. The van der Waals surface area contributed by atoms with E-state index in [9.17, 15) is 5.11 Å². The molecule has 0 aliphatic carbocycles. The van der Waals surface area contributed by atoms with Gasteiger partial charge in [-0.05, 0) is 54.1 Å². The summed E-state index contributed by atoms with van der Waals surface area (Å²) in [7, 11) is 1.54. The van der Waals surface area contributed by atoms with Gasteiger partial charge in [-0.3, -0.25) is 0 Å². The summed E-state index contributed by atoms with van der Waals surface area (Å²) in [6.07, 6.45) is 1.57. The second-order valence-electron chi connectivity index (χ2n) is 9.18. The molecule has 1 aromatic heterocycles. The number of phenols is 1. The lowest BCUT2D eigenvalue weighted by atomic mass is 9.87. The molecule has 2 unspecified atom stereocenters. The SMILES string of the molecule is COc1cc(C2Oc3ccccc3N=C(c3c[nH]c4ccccc34)C2CNc2cccc(Cl)c2)ccc1O. The number of phenolic OH excluding ortho intramolecular Hbond substituents is 1. The van der Waals surface area contributed by atoms with E-state index in [1.54, 1.807) is 13.2 Å². The number of methoxy groups -OCH3 is 1. The molecular formula is C31H26ClN3O3. The van der Waals surface area contributed by atoms with Gasteiger partial charge in [0.15, 0.2) is 11.5 Å².